The molecule has 0 saturated heterocycles. The van der Waals surface area contributed by atoms with Crippen molar-refractivity contribution >= 4 is 0 Å². The van der Waals surface area contributed by atoms with E-state index in [2.05, 4.69) is 39.6 Å². The summed E-state index contributed by atoms with van der Waals surface area (Å²) in [6, 6.07) is 0.364. The summed E-state index contributed by atoms with van der Waals surface area (Å²) in [7, 11) is 2.21. The standard InChI is InChI=1S/C12H28N2/c1-11(13)8-6-7-9-14(5)10-12(2,3)4/h11H,6-10,13H2,1-5H3. The van der Waals surface area contributed by atoms with Gasteiger partial charge in [-0.15, -0.1) is 0 Å². The Hall–Kier alpha value is -0.0800. The van der Waals surface area contributed by atoms with Gasteiger partial charge in [0.2, 0.25) is 0 Å². The lowest BCUT2D eigenvalue weighted by molar-refractivity contribution is 0.223. The van der Waals surface area contributed by atoms with Crippen molar-refractivity contribution in [1.82, 2.24) is 4.90 Å². The maximum Gasteiger partial charge on any atom is 0.00270 e. The Labute approximate surface area is 89.9 Å². The molecule has 0 aliphatic heterocycles. The Balaban J connectivity index is 3.40. The van der Waals surface area contributed by atoms with Crippen LogP contribution >= 0.6 is 0 Å². The van der Waals surface area contributed by atoms with Gasteiger partial charge in [0.15, 0.2) is 0 Å². The lowest BCUT2D eigenvalue weighted by Gasteiger charge is -2.26. The van der Waals surface area contributed by atoms with Gasteiger partial charge in [0.1, 0.15) is 0 Å². The van der Waals surface area contributed by atoms with Gasteiger partial charge in [-0.25, -0.2) is 0 Å². The molecule has 0 aliphatic rings. The quantitative estimate of drug-likeness (QED) is 0.667. The minimum atomic E-state index is 0.364. The van der Waals surface area contributed by atoms with Crippen molar-refractivity contribution in [2.75, 3.05) is 20.1 Å². The molecule has 14 heavy (non-hydrogen) atoms. The predicted octanol–water partition coefficient (Wildman–Crippen LogP) is 2.48. The van der Waals surface area contributed by atoms with Crippen molar-refractivity contribution in [3.05, 3.63) is 0 Å². The van der Waals surface area contributed by atoms with Crippen LogP contribution in [0.5, 0.6) is 0 Å². The molecule has 0 fully saturated rings. The fourth-order valence-electron chi connectivity index (χ4n) is 1.74. The summed E-state index contributed by atoms with van der Waals surface area (Å²) in [6.45, 7) is 11.3. The summed E-state index contributed by atoms with van der Waals surface area (Å²) in [5.41, 5.74) is 6.11. The van der Waals surface area contributed by atoms with Gasteiger partial charge in [-0.3, -0.25) is 0 Å². The van der Waals surface area contributed by atoms with Crippen LogP contribution in [-0.4, -0.2) is 31.1 Å². The zero-order valence-corrected chi connectivity index (χ0v) is 10.6. The Morgan fingerprint density at radius 1 is 1.21 bits per heavy atom. The summed E-state index contributed by atoms with van der Waals surface area (Å²) in [5.74, 6) is 0. The third-order valence-corrected chi connectivity index (χ3v) is 2.19. The lowest BCUT2D eigenvalue weighted by atomic mass is 9.96. The molecule has 0 saturated carbocycles. The second-order valence-corrected chi connectivity index (χ2v) is 5.77. The van der Waals surface area contributed by atoms with Gasteiger partial charge in [0, 0.05) is 12.6 Å². The number of unbranched alkanes of at least 4 members (excludes halogenated alkanes) is 1. The molecule has 1 atom stereocenters. The lowest BCUT2D eigenvalue weighted by Crippen LogP contribution is -2.30. The van der Waals surface area contributed by atoms with E-state index in [4.69, 9.17) is 5.73 Å². The molecule has 0 aromatic rings. The Kier molecular flexibility index (Phi) is 6.38. The van der Waals surface area contributed by atoms with E-state index < -0.39 is 0 Å². The number of hydrogen-bond donors (Lipinski definition) is 1. The smallest absolute Gasteiger partial charge is 0.00270 e. The van der Waals surface area contributed by atoms with Gasteiger partial charge in [0.25, 0.3) is 0 Å². The summed E-state index contributed by atoms with van der Waals surface area (Å²) < 4.78 is 0. The molecule has 2 nitrogen and oxygen atoms in total. The minimum Gasteiger partial charge on any atom is -0.328 e. The fraction of sp³-hybridized carbons (Fsp3) is 1.00. The molecule has 0 radical (unpaired) electrons. The third-order valence-electron chi connectivity index (χ3n) is 2.19. The first-order valence-corrected chi connectivity index (χ1v) is 5.75. The minimum absolute atomic E-state index is 0.364. The normalized spacial score (nSPS) is 14.8. The Morgan fingerprint density at radius 2 is 1.79 bits per heavy atom. The van der Waals surface area contributed by atoms with Gasteiger partial charge < -0.3 is 10.6 Å². The molecule has 0 amide bonds. The van der Waals surface area contributed by atoms with Crippen LogP contribution in [0.4, 0.5) is 0 Å². The van der Waals surface area contributed by atoms with Crippen molar-refractivity contribution in [2.45, 2.75) is 53.0 Å². The molecule has 0 aliphatic carbocycles. The highest BCUT2D eigenvalue weighted by molar-refractivity contribution is 4.66. The Morgan fingerprint density at radius 3 is 2.21 bits per heavy atom. The van der Waals surface area contributed by atoms with E-state index in [1.165, 1.54) is 25.9 Å². The molecule has 0 aromatic carbocycles. The van der Waals surface area contributed by atoms with Crippen molar-refractivity contribution in [3.63, 3.8) is 0 Å². The first-order valence-electron chi connectivity index (χ1n) is 5.75. The van der Waals surface area contributed by atoms with Crippen LogP contribution in [0.3, 0.4) is 0 Å². The van der Waals surface area contributed by atoms with Gasteiger partial charge in [-0.05, 0) is 38.8 Å². The van der Waals surface area contributed by atoms with E-state index in [9.17, 15) is 0 Å². The van der Waals surface area contributed by atoms with Gasteiger partial charge in [0.05, 0.1) is 0 Å². The summed E-state index contributed by atoms with van der Waals surface area (Å²) >= 11 is 0. The van der Waals surface area contributed by atoms with Gasteiger partial charge in [-0.2, -0.15) is 0 Å². The topological polar surface area (TPSA) is 29.3 Å². The van der Waals surface area contributed by atoms with Crippen LogP contribution in [0, 0.1) is 5.41 Å². The molecule has 2 N–H and O–H groups in total. The van der Waals surface area contributed by atoms with Crippen LogP contribution in [-0.2, 0) is 0 Å². The SMILES string of the molecule is CC(N)CCCCN(C)CC(C)(C)C. The largest absolute Gasteiger partial charge is 0.328 e. The molecule has 0 rings (SSSR count). The Bertz CT molecular complexity index is 136. The van der Waals surface area contributed by atoms with E-state index in [-0.39, 0.29) is 0 Å². The fourth-order valence-corrected chi connectivity index (χ4v) is 1.74. The molecule has 0 heterocycles. The molecular formula is C12H28N2. The third kappa shape index (κ3) is 10.0. The summed E-state index contributed by atoms with van der Waals surface area (Å²) in [4.78, 5) is 2.42. The highest BCUT2D eigenvalue weighted by atomic mass is 15.1. The van der Waals surface area contributed by atoms with E-state index in [1.54, 1.807) is 0 Å². The van der Waals surface area contributed by atoms with Crippen molar-refractivity contribution in [2.24, 2.45) is 11.1 Å². The highest BCUT2D eigenvalue weighted by Crippen LogP contribution is 2.14. The zero-order valence-electron chi connectivity index (χ0n) is 10.6. The first-order chi connectivity index (χ1) is 6.31. The number of nitrogens with zero attached hydrogens (tertiary/aromatic N) is 1. The van der Waals surface area contributed by atoms with E-state index in [0.717, 1.165) is 6.42 Å². The van der Waals surface area contributed by atoms with E-state index in [1.807, 2.05) is 0 Å². The van der Waals surface area contributed by atoms with Crippen LogP contribution in [0.2, 0.25) is 0 Å². The van der Waals surface area contributed by atoms with E-state index in [0.29, 0.717) is 11.5 Å². The maximum absolute atomic E-state index is 5.70. The molecular weight excluding hydrogens is 172 g/mol. The molecule has 86 valence electrons. The molecule has 0 aromatic heterocycles. The van der Waals surface area contributed by atoms with Crippen LogP contribution in [0.1, 0.15) is 47.0 Å². The summed E-state index contributed by atoms with van der Waals surface area (Å²) in [6.07, 6.45) is 3.68. The van der Waals surface area contributed by atoms with Gasteiger partial charge in [-0.1, -0.05) is 27.2 Å². The molecule has 0 spiro atoms. The van der Waals surface area contributed by atoms with Crippen LogP contribution in [0.15, 0.2) is 0 Å². The van der Waals surface area contributed by atoms with Crippen molar-refractivity contribution in [3.8, 4) is 0 Å². The first kappa shape index (κ1) is 13.9. The molecule has 2 heteroatoms. The van der Waals surface area contributed by atoms with Crippen molar-refractivity contribution in [1.29, 1.82) is 0 Å². The molecule has 0 bridgehead atoms. The van der Waals surface area contributed by atoms with Gasteiger partial charge >= 0.3 is 0 Å². The van der Waals surface area contributed by atoms with Crippen LogP contribution < -0.4 is 5.73 Å². The molecule has 1 unspecified atom stereocenters. The van der Waals surface area contributed by atoms with Crippen molar-refractivity contribution < 1.29 is 0 Å². The maximum atomic E-state index is 5.70. The average Bonchev–Trinajstić information content (AvgIpc) is 1.94. The second-order valence-electron chi connectivity index (χ2n) is 5.77. The number of nitrogens with two attached hydrogens (primary N) is 1. The average molecular weight is 200 g/mol. The zero-order chi connectivity index (χ0) is 11.2. The monoisotopic (exact) mass is 200 g/mol. The highest BCUT2D eigenvalue weighted by Gasteiger charge is 2.12. The summed E-state index contributed by atoms with van der Waals surface area (Å²) in [5, 5.41) is 0. The second kappa shape index (κ2) is 6.41. The predicted molar refractivity (Wildman–Crippen MR) is 64.5 cm³/mol. The number of hydrogen-bond acceptors (Lipinski definition) is 2. The van der Waals surface area contributed by atoms with E-state index >= 15 is 0 Å². The van der Waals surface area contributed by atoms with Crippen LogP contribution in [0.25, 0.3) is 0 Å². The number of rotatable bonds is 6.